The molecule has 0 N–H and O–H groups in total. The van der Waals surface area contributed by atoms with Crippen molar-refractivity contribution in [3.8, 4) is 5.88 Å². The predicted molar refractivity (Wildman–Crippen MR) is 160 cm³/mol. The van der Waals surface area contributed by atoms with E-state index in [9.17, 15) is 4.79 Å². The highest BCUT2D eigenvalue weighted by Gasteiger charge is 2.25. The number of aryl methyl sites for hydroxylation is 3. The molecule has 0 saturated heterocycles. The summed E-state index contributed by atoms with van der Waals surface area (Å²) < 4.78 is 13.0. The molecule has 4 rings (SSSR count). The van der Waals surface area contributed by atoms with Gasteiger partial charge in [0.05, 0.1) is 25.8 Å². The normalized spacial score (nSPS) is 14.5. The Morgan fingerprint density at radius 2 is 1.62 bits per heavy atom. The third-order valence-corrected chi connectivity index (χ3v) is 7.99. The standard InChI is InChI=1S/C34H47N3O3/c1-33(2,3)26-17-24(18-27(21-26)34(4,5)6)25(20-32(38)39-8)19-29-22-31(37(7)36-29)40-16-15-28-14-13-23-11-9-10-12-30(23)35-28/h13-14,17-18,21-22,25H,9-12,15-16,19-20H2,1-8H3. The van der Waals surface area contributed by atoms with E-state index in [1.165, 1.54) is 42.3 Å². The number of carbonyl (C=O) groups excluding carboxylic acids is 1. The van der Waals surface area contributed by atoms with Crippen LogP contribution in [0, 0.1) is 0 Å². The molecule has 0 aliphatic heterocycles. The fraction of sp³-hybridized carbons (Fsp3) is 0.559. The summed E-state index contributed by atoms with van der Waals surface area (Å²) in [6.45, 7) is 13.9. The molecule has 1 aliphatic carbocycles. The molecule has 1 aromatic carbocycles. The van der Waals surface area contributed by atoms with Crippen molar-refractivity contribution < 1.29 is 14.3 Å². The summed E-state index contributed by atoms with van der Waals surface area (Å²) in [5, 5.41) is 4.76. The molecule has 0 amide bonds. The van der Waals surface area contributed by atoms with Gasteiger partial charge in [-0.2, -0.15) is 5.10 Å². The smallest absolute Gasteiger partial charge is 0.306 e. The van der Waals surface area contributed by atoms with Gasteiger partial charge < -0.3 is 9.47 Å². The first-order valence-corrected chi connectivity index (χ1v) is 14.7. The van der Waals surface area contributed by atoms with E-state index in [1.807, 2.05) is 13.1 Å². The highest BCUT2D eigenvalue weighted by molar-refractivity contribution is 5.70. The number of nitrogens with zero attached hydrogens (tertiary/aromatic N) is 3. The van der Waals surface area contributed by atoms with Gasteiger partial charge in [0.25, 0.3) is 0 Å². The molecule has 1 aliphatic rings. The number of ether oxygens (including phenoxy) is 2. The van der Waals surface area contributed by atoms with Gasteiger partial charge in [0.2, 0.25) is 5.88 Å². The molecular weight excluding hydrogens is 498 g/mol. The number of hydrogen-bond acceptors (Lipinski definition) is 5. The van der Waals surface area contributed by atoms with Gasteiger partial charge in [0.15, 0.2) is 0 Å². The minimum absolute atomic E-state index is 0.00918. The van der Waals surface area contributed by atoms with Crippen LogP contribution < -0.4 is 4.74 Å². The molecular formula is C34H47N3O3. The Labute approximate surface area is 240 Å². The first-order valence-electron chi connectivity index (χ1n) is 14.7. The van der Waals surface area contributed by atoms with Gasteiger partial charge in [0.1, 0.15) is 0 Å². The monoisotopic (exact) mass is 545 g/mol. The lowest BCUT2D eigenvalue weighted by Gasteiger charge is -2.28. The SMILES string of the molecule is COC(=O)CC(Cc1cc(OCCc2ccc3c(n2)CCCC3)n(C)n1)c1cc(C(C)(C)C)cc(C(C)(C)C)c1. The second-order valence-electron chi connectivity index (χ2n) is 13.3. The summed E-state index contributed by atoms with van der Waals surface area (Å²) in [7, 11) is 3.36. The third-order valence-electron chi connectivity index (χ3n) is 7.99. The number of benzene rings is 1. The molecule has 40 heavy (non-hydrogen) atoms. The Bertz CT molecular complexity index is 1290. The first-order chi connectivity index (χ1) is 18.8. The summed E-state index contributed by atoms with van der Waals surface area (Å²) in [5.41, 5.74) is 8.30. The topological polar surface area (TPSA) is 66.2 Å². The Hall–Kier alpha value is -3.15. The van der Waals surface area contributed by atoms with Crippen LogP contribution in [0.4, 0.5) is 0 Å². The minimum atomic E-state index is -0.214. The number of pyridine rings is 1. The van der Waals surface area contributed by atoms with E-state index in [4.69, 9.17) is 19.6 Å². The zero-order chi connectivity index (χ0) is 29.1. The van der Waals surface area contributed by atoms with E-state index in [0.717, 1.165) is 42.1 Å². The van der Waals surface area contributed by atoms with Gasteiger partial charge in [-0.15, -0.1) is 0 Å². The lowest BCUT2D eigenvalue weighted by molar-refractivity contribution is -0.141. The number of methoxy groups -OCH3 is 1. The quantitative estimate of drug-likeness (QED) is 0.277. The first kappa shape index (κ1) is 29.8. The van der Waals surface area contributed by atoms with E-state index < -0.39 is 0 Å². The molecule has 6 heteroatoms. The van der Waals surface area contributed by atoms with Crippen molar-refractivity contribution in [2.75, 3.05) is 13.7 Å². The molecule has 1 atom stereocenters. The van der Waals surface area contributed by atoms with Crippen LogP contribution in [0.15, 0.2) is 36.4 Å². The van der Waals surface area contributed by atoms with Gasteiger partial charge in [-0.05, 0) is 77.2 Å². The van der Waals surface area contributed by atoms with Crippen LogP contribution in [-0.2, 0) is 53.1 Å². The highest BCUT2D eigenvalue weighted by Crippen LogP contribution is 2.35. The highest BCUT2D eigenvalue weighted by atomic mass is 16.5. The zero-order valence-electron chi connectivity index (χ0n) is 25.8. The van der Waals surface area contributed by atoms with E-state index in [0.29, 0.717) is 19.4 Å². The Balaban J connectivity index is 1.52. The molecule has 0 radical (unpaired) electrons. The molecule has 3 aromatic rings. The van der Waals surface area contributed by atoms with E-state index in [-0.39, 0.29) is 22.7 Å². The second kappa shape index (κ2) is 12.2. The summed E-state index contributed by atoms with van der Waals surface area (Å²) in [6.07, 6.45) is 6.39. The molecule has 2 heterocycles. The zero-order valence-corrected chi connectivity index (χ0v) is 25.8. The molecule has 0 spiro atoms. The summed E-state index contributed by atoms with van der Waals surface area (Å²) in [4.78, 5) is 17.4. The van der Waals surface area contributed by atoms with Crippen LogP contribution in [0.3, 0.4) is 0 Å². The van der Waals surface area contributed by atoms with Crippen LogP contribution in [0.1, 0.15) is 106 Å². The second-order valence-corrected chi connectivity index (χ2v) is 13.3. The molecule has 0 saturated carbocycles. The number of fused-ring (bicyclic) bond motifs is 1. The van der Waals surface area contributed by atoms with Crippen molar-refractivity contribution in [2.24, 2.45) is 7.05 Å². The predicted octanol–water partition coefficient (Wildman–Crippen LogP) is 6.80. The summed E-state index contributed by atoms with van der Waals surface area (Å²) in [5.74, 6) is 0.454. The molecule has 2 aromatic heterocycles. The van der Waals surface area contributed by atoms with Crippen molar-refractivity contribution >= 4 is 5.97 Å². The average Bonchev–Trinajstić information content (AvgIpc) is 3.25. The van der Waals surface area contributed by atoms with Crippen LogP contribution >= 0.6 is 0 Å². The van der Waals surface area contributed by atoms with Gasteiger partial charge in [-0.25, -0.2) is 4.68 Å². The number of aromatic nitrogens is 3. The maximum Gasteiger partial charge on any atom is 0.306 e. The largest absolute Gasteiger partial charge is 0.477 e. The number of carbonyl (C=O) groups is 1. The van der Waals surface area contributed by atoms with Crippen LogP contribution in [-0.4, -0.2) is 34.5 Å². The van der Waals surface area contributed by atoms with Gasteiger partial charge in [-0.3, -0.25) is 9.78 Å². The Kier molecular flexibility index (Phi) is 9.06. The molecule has 216 valence electrons. The number of esters is 1. The van der Waals surface area contributed by atoms with Crippen LogP contribution in [0.25, 0.3) is 0 Å². The van der Waals surface area contributed by atoms with E-state index in [2.05, 4.69) is 71.9 Å². The third kappa shape index (κ3) is 7.52. The van der Waals surface area contributed by atoms with E-state index >= 15 is 0 Å². The van der Waals surface area contributed by atoms with Gasteiger partial charge in [0, 0.05) is 30.9 Å². The molecule has 1 unspecified atom stereocenters. The molecule has 0 bridgehead atoms. The number of rotatable bonds is 9. The van der Waals surface area contributed by atoms with Crippen molar-refractivity contribution in [1.29, 1.82) is 0 Å². The van der Waals surface area contributed by atoms with Crippen molar-refractivity contribution in [1.82, 2.24) is 14.8 Å². The Morgan fingerprint density at radius 3 is 2.27 bits per heavy atom. The number of hydrogen-bond donors (Lipinski definition) is 0. The lowest BCUT2D eigenvalue weighted by atomic mass is 9.77. The van der Waals surface area contributed by atoms with Gasteiger partial charge in [-0.1, -0.05) is 65.8 Å². The van der Waals surface area contributed by atoms with Crippen LogP contribution in [0.5, 0.6) is 5.88 Å². The molecule has 0 fully saturated rings. The summed E-state index contributed by atoms with van der Waals surface area (Å²) >= 11 is 0. The van der Waals surface area contributed by atoms with Crippen molar-refractivity contribution in [3.05, 3.63) is 75.7 Å². The van der Waals surface area contributed by atoms with Crippen molar-refractivity contribution in [3.63, 3.8) is 0 Å². The van der Waals surface area contributed by atoms with Crippen molar-refractivity contribution in [2.45, 2.75) is 103 Å². The maximum absolute atomic E-state index is 12.5. The molecule has 6 nitrogen and oxygen atoms in total. The van der Waals surface area contributed by atoms with Crippen LogP contribution in [0.2, 0.25) is 0 Å². The maximum atomic E-state index is 12.5. The average molecular weight is 546 g/mol. The fourth-order valence-electron chi connectivity index (χ4n) is 5.37. The van der Waals surface area contributed by atoms with Gasteiger partial charge >= 0.3 is 5.97 Å². The Morgan fingerprint density at radius 1 is 0.950 bits per heavy atom. The minimum Gasteiger partial charge on any atom is -0.477 e. The summed E-state index contributed by atoms with van der Waals surface area (Å²) in [6, 6.07) is 13.2. The fourth-order valence-corrected chi connectivity index (χ4v) is 5.37. The van der Waals surface area contributed by atoms with E-state index in [1.54, 1.807) is 4.68 Å². The lowest BCUT2D eigenvalue weighted by Crippen LogP contribution is -2.19.